The summed E-state index contributed by atoms with van der Waals surface area (Å²) in [6.45, 7) is 1.10. The van der Waals surface area contributed by atoms with Gasteiger partial charge in [0.25, 0.3) is 0 Å². The lowest BCUT2D eigenvalue weighted by atomic mass is 10.2. The topological polar surface area (TPSA) is 72.6 Å². The highest BCUT2D eigenvalue weighted by atomic mass is 16.6. The first-order valence-electron chi connectivity index (χ1n) is 5.02. The quantitative estimate of drug-likeness (QED) is 0.812. The molecule has 2 amide bonds. The molecular formula is C11H12N2O3. The van der Waals surface area contributed by atoms with Crippen molar-refractivity contribution in [1.29, 1.82) is 0 Å². The van der Waals surface area contributed by atoms with Gasteiger partial charge in [-0.2, -0.15) is 0 Å². The summed E-state index contributed by atoms with van der Waals surface area (Å²) in [6, 6.07) is 6.57. The summed E-state index contributed by atoms with van der Waals surface area (Å²) in [5.41, 5.74) is 6.27. The van der Waals surface area contributed by atoms with Gasteiger partial charge in [0.2, 0.25) is 5.91 Å². The molecule has 0 atom stereocenters. The van der Waals surface area contributed by atoms with E-state index in [0.717, 1.165) is 12.1 Å². The van der Waals surface area contributed by atoms with Crippen molar-refractivity contribution in [3.63, 3.8) is 0 Å². The molecule has 1 aliphatic heterocycles. The van der Waals surface area contributed by atoms with Crippen molar-refractivity contribution in [3.05, 3.63) is 29.8 Å². The average molecular weight is 220 g/mol. The minimum Gasteiger partial charge on any atom is -0.449 e. The van der Waals surface area contributed by atoms with E-state index < -0.39 is 5.91 Å². The van der Waals surface area contributed by atoms with Gasteiger partial charge in [-0.3, -0.25) is 9.69 Å². The molecule has 2 rings (SSSR count). The van der Waals surface area contributed by atoms with Crippen LogP contribution in [0.5, 0.6) is 0 Å². The molecule has 1 aromatic rings. The third-order valence-electron chi connectivity index (χ3n) is 2.44. The van der Waals surface area contributed by atoms with Crippen molar-refractivity contribution in [2.75, 3.05) is 18.1 Å². The summed E-state index contributed by atoms with van der Waals surface area (Å²) in [7, 11) is 0. The highest BCUT2D eigenvalue weighted by Gasteiger charge is 2.20. The van der Waals surface area contributed by atoms with Crippen LogP contribution >= 0.6 is 0 Å². The van der Waals surface area contributed by atoms with Gasteiger partial charge < -0.3 is 10.5 Å². The first-order chi connectivity index (χ1) is 7.68. The lowest BCUT2D eigenvalue weighted by Crippen LogP contribution is -2.37. The number of primary amides is 1. The summed E-state index contributed by atoms with van der Waals surface area (Å²) >= 11 is 0. The van der Waals surface area contributed by atoms with Gasteiger partial charge in [-0.1, -0.05) is 0 Å². The lowest BCUT2D eigenvalue weighted by Gasteiger charge is -2.26. The first-order valence-corrected chi connectivity index (χ1v) is 5.02. The van der Waals surface area contributed by atoms with E-state index in [2.05, 4.69) is 0 Å². The smallest absolute Gasteiger partial charge is 0.414 e. The molecule has 1 aliphatic rings. The molecule has 0 bridgehead atoms. The fourth-order valence-corrected chi connectivity index (χ4v) is 1.59. The monoisotopic (exact) mass is 220 g/mol. The van der Waals surface area contributed by atoms with E-state index in [4.69, 9.17) is 10.5 Å². The summed E-state index contributed by atoms with van der Waals surface area (Å²) in [5, 5.41) is 0. The molecule has 5 nitrogen and oxygen atoms in total. The van der Waals surface area contributed by atoms with Gasteiger partial charge in [-0.15, -0.1) is 0 Å². The number of benzene rings is 1. The number of anilines is 1. The molecule has 0 saturated carbocycles. The Kier molecular flexibility index (Phi) is 2.76. The van der Waals surface area contributed by atoms with Crippen molar-refractivity contribution in [1.82, 2.24) is 0 Å². The van der Waals surface area contributed by atoms with Gasteiger partial charge in [-0.05, 0) is 30.7 Å². The molecule has 1 aromatic carbocycles. The van der Waals surface area contributed by atoms with Gasteiger partial charge in [0.15, 0.2) is 0 Å². The first kappa shape index (κ1) is 10.5. The third kappa shape index (κ3) is 1.98. The molecule has 0 spiro atoms. The molecular weight excluding hydrogens is 208 g/mol. The lowest BCUT2D eigenvalue weighted by molar-refractivity contribution is 0.100. The molecule has 0 aliphatic carbocycles. The predicted molar refractivity (Wildman–Crippen MR) is 58.3 cm³/mol. The van der Waals surface area contributed by atoms with Crippen molar-refractivity contribution in [2.45, 2.75) is 6.42 Å². The molecule has 16 heavy (non-hydrogen) atoms. The summed E-state index contributed by atoms with van der Waals surface area (Å²) in [5.74, 6) is -0.479. The Hall–Kier alpha value is -2.04. The molecule has 0 unspecified atom stereocenters. The number of ether oxygens (including phenoxy) is 1. The summed E-state index contributed by atoms with van der Waals surface area (Å²) < 4.78 is 4.92. The second-order valence-electron chi connectivity index (χ2n) is 3.53. The van der Waals surface area contributed by atoms with Crippen molar-refractivity contribution in [2.24, 2.45) is 5.73 Å². The normalized spacial score (nSPS) is 15.8. The number of hydrogen-bond donors (Lipinski definition) is 1. The fraction of sp³-hybridized carbons (Fsp3) is 0.273. The van der Waals surface area contributed by atoms with Gasteiger partial charge >= 0.3 is 6.09 Å². The van der Waals surface area contributed by atoms with Crippen LogP contribution in [0.25, 0.3) is 0 Å². The number of rotatable bonds is 2. The molecule has 1 heterocycles. The number of carbonyl (C=O) groups excluding carboxylic acids is 2. The fourth-order valence-electron chi connectivity index (χ4n) is 1.59. The molecule has 5 heteroatoms. The van der Waals surface area contributed by atoms with Crippen molar-refractivity contribution < 1.29 is 14.3 Å². The molecule has 0 aromatic heterocycles. The highest BCUT2D eigenvalue weighted by Crippen LogP contribution is 2.18. The Balaban J connectivity index is 2.20. The highest BCUT2D eigenvalue weighted by molar-refractivity contribution is 5.94. The van der Waals surface area contributed by atoms with E-state index in [1.165, 1.54) is 4.90 Å². The van der Waals surface area contributed by atoms with Crippen LogP contribution < -0.4 is 10.6 Å². The van der Waals surface area contributed by atoms with Gasteiger partial charge in [0, 0.05) is 17.8 Å². The second-order valence-corrected chi connectivity index (χ2v) is 3.53. The largest absolute Gasteiger partial charge is 0.449 e. The number of cyclic esters (lactones) is 1. The maximum absolute atomic E-state index is 11.4. The number of carbonyl (C=O) groups is 2. The minimum atomic E-state index is -0.479. The van der Waals surface area contributed by atoms with E-state index in [-0.39, 0.29) is 6.09 Å². The van der Waals surface area contributed by atoms with Crippen LogP contribution in [0, 0.1) is 0 Å². The zero-order chi connectivity index (χ0) is 11.5. The molecule has 2 N–H and O–H groups in total. The SMILES string of the molecule is NC(=O)c1ccc(N2CCCOC2=O)cc1. The maximum Gasteiger partial charge on any atom is 0.414 e. The molecule has 84 valence electrons. The Morgan fingerprint density at radius 1 is 1.31 bits per heavy atom. The van der Waals surface area contributed by atoms with Crippen LogP contribution in [0.15, 0.2) is 24.3 Å². The van der Waals surface area contributed by atoms with E-state index in [0.29, 0.717) is 18.7 Å². The van der Waals surface area contributed by atoms with Crippen LogP contribution in [0.3, 0.4) is 0 Å². The van der Waals surface area contributed by atoms with Gasteiger partial charge in [0.05, 0.1) is 6.61 Å². The minimum absolute atomic E-state index is 0.349. The average Bonchev–Trinajstić information content (AvgIpc) is 2.30. The summed E-state index contributed by atoms with van der Waals surface area (Å²) in [6.07, 6.45) is 0.460. The zero-order valence-electron chi connectivity index (χ0n) is 8.68. The van der Waals surface area contributed by atoms with Crippen LogP contribution in [0.1, 0.15) is 16.8 Å². The molecule has 1 saturated heterocycles. The van der Waals surface area contributed by atoms with E-state index in [1.807, 2.05) is 0 Å². The number of nitrogens with two attached hydrogens (primary N) is 1. The van der Waals surface area contributed by atoms with Crippen LogP contribution in [-0.4, -0.2) is 25.2 Å². The molecule has 1 fully saturated rings. The number of amides is 2. The van der Waals surface area contributed by atoms with Crippen LogP contribution in [0.4, 0.5) is 10.5 Å². The Morgan fingerprint density at radius 2 is 2.00 bits per heavy atom. The van der Waals surface area contributed by atoms with E-state index in [9.17, 15) is 9.59 Å². The maximum atomic E-state index is 11.4. The Morgan fingerprint density at radius 3 is 2.56 bits per heavy atom. The molecule has 0 radical (unpaired) electrons. The van der Waals surface area contributed by atoms with E-state index in [1.54, 1.807) is 24.3 Å². The summed E-state index contributed by atoms with van der Waals surface area (Å²) in [4.78, 5) is 23.8. The van der Waals surface area contributed by atoms with Gasteiger partial charge in [-0.25, -0.2) is 4.79 Å². The zero-order valence-corrected chi connectivity index (χ0v) is 8.68. The van der Waals surface area contributed by atoms with Gasteiger partial charge in [0.1, 0.15) is 0 Å². The number of hydrogen-bond acceptors (Lipinski definition) is 3. The van der Waals surface area contributed by atoms with Crippen LogP contribution in [-0.2, 0) is 4.74 Å². The number of nitrogens with zero attached hydrogens (tertiary/aromatic N) is 1. The standard InChI is InChI=1S/C11H12N2O3/c12-10(14)8-2-4-9(5-3-8)13-6-1-7-16-11(13)15/h2-5H,1,6-7H2,(H2,12,14). The van der Waals surface area contributed by atoms with E-state index >= 15 is 0 Å². The second kappa shape index (κ2) is 4.22. The van der Waals surface area contributed by atoms with Crippen molar-refractivity contribution in [3.8, 4) is 0 Å². The Labute approximate surface area is 92.8 Å². The van der Waals surface area contributed by atoms with Crippen molar-refractivity contribution >= 4 is 17.7 Å². The van der Waals surface area contributed by atoms with Crippen LogP contribution in [0.2, 0.25) is 0 Å². The predicted octanol–water partition coefficient (Wildman–Crippen LogP) is 1.13. The third-order valence-corrected chi connectivity index (χ3v) is 2.44. The Bertz CT molecular complexity index is 414.